The molecule has 2 saturated heterocycles. The van der Waals surface area contributed by atoms with E-state index >= 15 is 0 Å². The summed E-state index contributed by atoms with van der Waals surface area (Å²) in [5, 5.41) is 14.1. The van der Waals surface area contributed by atoms with Crippen LogP contribution in [-0.4, -0.2) is 63.1 Å². The van der Waals surface area contributed by atoms with Gasteiger partial charge in [-0.05, 0) is 48.7 Å². The Morgan fingerprint density at radius 3 is 2.61 bits per heavy atom. The van der Waals surface area contributed by atoms with Crippen molar-refractivity contribution in [1.82, 2.24) is 4.90 Å². The highest BCUT2D eigenvalue weighted by Crippen LogP contribution is 2.48. The van der Waals surface area contributed by atoms with Crippen molar-refractivity contribution in [3.63, 3.8) is 0 Å². The number of nitrogens with zero attached hydrogens (tertiary/aromatic N) is 2. The maximum absolute atomic E-state index is 13.8. The number of benzene rings is 2. The number of fused-ring (bicyclic) bond motifs is 6. The summed E-state index contributed by atoms with van der Waals surface area (Å²) in [5.74, 6) is -2.25. The first-order chi connectivity index (χ1) is 17.9. The molecule has 0 radical (unpaired) electrons. The second-order valence-corrected chi connectivity index (χ2v) is 13.1. The van der Waals surface area contributed by atoms with E-state index in [9.17, 15) is 31.1 Å². The topological polar surface area (TPSA) is 154 Å². The number of anilines is 2. The van der Waals surface area contributed by atoms with Crippen LogP contribution in [0.4, 0.5) is 15.8 Å². The standard InChI is InChI=1S/C24H23FN4O7S2/c1-37(32,33)27-14-6-7-15-18(10-14)38(34,35)28-23(26-15)20-22(30)19-16-8-9-17(36-16)21(19)29(24(20)31)11-12-2-4-13(25)5-3-12/h2-7,10,16-17,19,21,27,30H,8-9,11H2,1H3,(H,26,28)/t16-,17-,19-,21+/m1/s1. The molecule has 2 aromatic rings. The van der Waals surface area contributed by atoms with Gasteiger partial charge in [-0.3, -0.25) is 9.52 Å². The van der Waals surface area contributed by atoms with E-state index in [0.717, 1.165) is 12.3 Å². The highest BCUT2D eigenvalue weighted by atomic mass is 32.2. The molecule has 0 unspecified atom stereocenters. The third-order valence-electron chi connectivity index (χ3n) is 7.17. The summed E-state index contributed by atoms with van der Waals surface area (Å²) in [6.07, 6.45) is 1.70. The first kappa shape index (κ1) is 24.8. The number of hydrogen-bond donors (Lipinski definition) is 3. The van der Waals surface area contributed by atoms with Gasteiger partial charge in [-0.15, -0.1) is 4.40 Å². The van der Waals surface area contributed by atoms with Crippen LogP contribution >= 0.6 is 0 Å². The minimum absolute atomic E-state index is 0.0264. The normalized spacial score (nSPS) is 27.5. The van der Waals surface area contributed by atoms with Crippen molar-refractivity contribution in [3.05, 3.63) is 65.2 Å². The molecule has 4 aliphatic heterocycles. The molecule has 1 amide bonds. The number of ether oxygens (including phenoxy) is 1. The average Bonchev–Trinajstić information content (AvgIpc) is 3.45. The van der Waals surface area contributed by atoms with Crippen LogP contribution in [0.15, 0.2) is 63.1 Å². The molecule has 0 spiro atoms. The van der Waals surface area contributed by atoms with Gasteiger partial charge in [0.15, 0.2) is 5.84 Å². The van der Waals surface area contributed by atoms with Crippen LogP contribution in [0.25, 0.3) is 0 Å². The van der Waals surface area contributed by atoms with Gasteiger partial charge >= 0.3 is 0 Å². The molecular weight excluding hydrogens is 539 g/mol. The van der Waals surface area contributed by atoms with Crippen molar-refractivity contribution in [1.29, 1.82) is 0 Å². The summed E-state index contributed by atoms with van der Waals surface area (Å²) in [6.45, 7) is 0.0980. The Labute approximate surface area is 218 Å². The maximum atomic E-state index is 13.8. The fourth-order valence-electron chi connectivity index (χ4n) is 5.67. The Bertz CT molecular complexity index is 1640. The van der Waals surface area contributed by atoms with Gasteiger partial charge in [0, 0.05) is 12.2 Å². The predicted molar refractivity (Wildman–Crippen MR) is 135 cm³/mol. The van der Waals surface area contributed by atoms with Crippen LogP contribution in [0.5, 0.6) is 0 Å². The monoisotopic (exact) mass is 562 g/mol. The summed E-state index contributed by atoms with van der Waals surface area (Å²) >= 11 is 0. The lowest BCUT2D eigenvalue weighted by molar-refractivity contribution is -0.133. The molecule has 200 valence electrons. The van der Waals surface area contributed by atoms with Crippen molar-refractivity contribution in [2.45, 2.75) is 42.5 Å². The second-order valence-electron chi connectivity index (χ2n) is 9.75. The van der Waals surface area contributed by atoms with Crippen molar-refractivity contribution in [3.8, 4) is 0 Å². The number of aliphatic hydroxyl groups excluding tert-OH is 1. The van der Waals surface area contributed by atoms with Crippen LogP contribution in [0.1, 0.15) is 18.4 Å². The number of sulfonamides is 2. The first-order valence-corrected chi connectivity index (χ1v) is 15.1. The fourth-order valence-corrected chi connectivity index (χ4v) is 7.38. The van der Waals surface area contributed by atoms with E-state index < -0.39 is 43.7 Å². The average molecular weight is 563 g/mol. The molecule has 14 heteroatoms. The van der Waals surface area contributed by atoms with Gasteiger partial charge < -0.3 is 20.1 Å². The lowest BCUT2D eigenvalue weighted by Crippen LogP contribution is -2.55. The molecule has 4 heterocycles. The Kier molecular flexibility index (Phi) is 5.56. The number of carbonyl (C=O) groups is 1. The van der Waals surface area contributed by atoms with Crippen LogP contribution in [0.2, 0.25) is 0 Å². The molecule has 0 aliphatic carbocycles. The van der Waals surface area contributed by atoms with Gasteiger partial charge in [0.2, 0.25) is 10.0 Å². The van der Waals surface area contributed by atoms with E-state index in [1.807, 2.05) is 0 Å². The van der Waals surface area contributed by atoms with Gasteiger partial charge in [0.05, 0.1) is 36.1 Å². The Balaban J connectivity index is 1.41. The molecule has 2 bridgehead atoms. The van der Waals surface area contributed by atoms with Crippen molar-refractivity contribution in [2.24, 2.45) is 10.3 Å². The maximum Gasteiger partial charge on any atom is 0.286 e. The van der Waals surface area contributed by atoms with E-state index in [2.05, 4.69) is 14.4 Å². The van der Waals surface area contributed by atoms with Gasteiger partial charge in [0.25, 0.3) is 15.9 Å². The third kappa shape index (κ3) is 4.12. The van der Waals surface area contributed by atoms with Crippen molar-refractivity contribution < 1.29 is 35.9 Å². The summed E-state index contributed by atoms with van der Waals surface area (Å²) in [7, 11) is -8.03. The summed E-state index contributed by atoms with van der Waals surface area (Å²) in [4.78, 5) is 15.1. The highest BCUT2D eigenvalue weighted by molar-refractivity contribution is 7.92. The number of carbonyl (C=O) groups excluding carboxylic acids is 1. The molecule has 4 atom stereocenters. The Hall–Kier alpha value is -3.49. The number of nitrogens with one attached hydrogen (secondary N) is 2. The van der Waals surface area contributed by atoms with Crippen LogP contribution in [0, 0.1) is 11.7 Å². The number of amides is 1. The third-order valence-corrected chi connectivity index (χ3v) is 9.09. The Morgan fingerprint density at radius 1 is 1.18 bits per heavy atom. The van der Waals surface area contributed by atoms with Gasteiger partial charge in [-0.1, -0.05) is 12.1 Å². The van der Waals surface area contributed by atoms with Crippen molar-refractivity contribution >= 4 is 43.2 Å². The van der Waals surface area contributed by atoms with Crippen LogP contribution < -0.4 is 10.0 Å². The van der Waals surface area contributed by atoms with E-state index in [-0.39, 0.29) is 52.2 Å². The van der Waals surface area contributed by atoms with E-state index in [1.54, 1.807) is 12.1 Å². The van der Waals surface area contributed by atoms with Crippen LogP contribution in [0.3, 0.4) is 0 Å². The molecule has 4 aliphatic rings. The Morgan fingerprint density at radius 2 is 1.89 bits per heavy atom. The van der Waals surface area contributed by atoms with Gasteiger partial charge in [-0.2, -0.15) is 8.42 Å². The lowest BCUT2D eigenvalue weighted by atomic mass is 9.77. The van der Waals surface area contributed by atoms with E-state index in [4.69, 9.17) is 4.74 Å². The summed E-state index contributed by atoms with van der Waals surface area (Å²) < 4.78 is 74.9. The van der Waals surface area contributed by atoms with Crippen LogP contribution in [-0.2, 0) is 36.1 Å². The molecule has 38 heavy (non-hydrogen) atoms. The SMILES string of the molecule is CS(=O)(=O)Nc1ccc2c(c1)S(=O)(=O)N=C(C1=C(O)[C@H]3[C@H]([C@H]4CC[C@H]3O4)N(Cc3ccc(F)cc3)C1=O)N2. The number of hydrogen-bond acceptors (Lipinski definition) is 8. The smallest absolute Gasteiger partial charge is 0.286 e. The van der Waals surface area contributed by atoms with E-state index in [0.29, 0.717) is 18.4 Å². The zero-order valence-corrected chi connectivity index (χ0v) is 21.6. The molecule has 2 fully saturated rings. The molecule has 6 rings (SSSR count). The molecule has 0 saturated carbocycles. The van der Waals surface area contributed by atoms with Gasteiger partial charge in [-0.25, -0.2) is 12.8 Å². The fraction of sp³-hybridized carbons (Fsp3) is 0.333. The van der Waals surface area contributed by atoms with E-state index in [1.165, 1.54) is 29.2 Å². The number of amidine groups is 1. The minimum atomic E-state index is -4.38. The summed E-state index contributed by atoms with van der Waals surface area (Å²) in [6, 6.07) is 9.06. The molecular formula is C24H23FN4O7S2. The molecule has 0 aromatic heterocycles. The molecule has 11 nitrogen and oxygen atoms in total. The zero-order valence-electron chi connectivity index (χ0n) is 20.0. The first-order valence-electron chi connectivity index (χ1n) is 11.8. The number of aliphatic hydroxyl groups is 1. The highest BCUT2D eigenvalue weighted by Gasteiger charge is 2.58. The second kappa shape index (κ2) is 8.51. The van der Waals surface area contributed by atoms with Gasteiger partial charge in [0.1, 0.15) is 22.0 Å². The largest absolute Gasteiger partial charge is 0.511 e. The van der Waals surface area contributed by atoms with Crippen molar-refractivity contribution in [2.75, 3.05) is 16.3 Å². The predicted octanol–water partition coefficient (Wildman–Crippen LogP) is 2.11. The summed E-state index contributed by atoms with van der Waals surface area (Å²) in [5.41, 5.74) is 0.471. The zero-order chi connectivity index (χ0) is 27.0. The lowest BCUT2D eigenvalue weighted by Gasteiger charge is -2.42. The number of halogens is 1. The number of rotatable bonds is 5. The molecule has 3 N–H and O–H groups in total. The minimum Gasteiger partial charge on any atom is -0.511 e. The quantitative estimate of drug-likeness (QED) is 0.501. The molecule has 2 aromatic carbocycles.